The van der Waals surface area contributed by atoms with Crippen molar-refractivity contribution in [3.63, 3.8) is 0 Å². The van der Waals surface area contributed by atoms with E-state index in [1.807, 2.05) is 0 Å². The number of hydrogen-bond donors (Lipinski definition) is 1. The number of rotatable bonds is 6. The molecule has 1 amide bonds. The van der Waals surface area contributed by atoms with Crippen LogP contribution in [0.5, 0.6) is 0 Å². The first kappa shape index (κ1) is 26.0. The summed E-state index contributed by atoms with van der Waals surface area (Å²) in [6, 6.07) is 2.02. The highest BCUT2D eigenvalue weighted by Crippen LogP contribution is 2.34. The predicted octanol–water partition coefficient (Wildman–Crippen LogP) is 4.07. The second kappa shape index (κ2) is 9.96. The van der Waals surface area contributed by atoms with Crippen molar-refractivity contribution < 1.29 is 35.9 Å². The fourth-order valence-electron chi connectivity index (χ4n) is 3.25. The first-order valence-electron chi connectivity index (χ1n) is 9.73. The van der Waals surface area contributed by atoms with Gasteiger partial charge < -0.3 is 10.1 Å². The van der Waals surface area contributed by atoms with Crippen LogP contribution in [0.1, 0.15) is 29.3 Å². The normalized spacial score (nSPS) is 17.8. The van der Waals surface area contributed by atoms with Gasteiger partial charge in [-0.1, -0.05) is 23.2 Å². The molecule has 1 saturated heterocycles. The molecule has 1 atom stereocenters. The molecule has 0 aliphatic carbocycles. The van der Waals surface area contributed by atoms with Crippen LogP contribution in [0.25, 0.3) is 6.08 Å². The van der Waals surface area contributed by atoms with E-state index in [-0.39, 0.29) is 27.4 Å². The van der Waals surface area contributed by atoms with Crippen molar-refractivity contribution in [3.8, 4) is 0 Å². The Bertz CT molecular complexity index is 1260. The summed E-state index contributed by atoms with van der Waals surface area (Å²) in [7, 11) is -3.15. The quantitative estimate of drug-likeness (QED) is 0.438. The van der Waals surface area contributed by atoms with Gasteiger partial charge in [-0.3, -0.25) is 4.79 Å². The summed E-state index contributed by atoms with van der Waals surface area (Å²) in [5.41, 5.74) is -0.453. The molecule has 1 aliphatic heterocycles. The maximum atomic E-state index is 12.8. The van der Waals surface area contributed by atoms with Crippen LogP contribution in [-0.4, -0.2) is 48.2 Å². The van der Waals surface area contributed by atoms with Crippen LogP contribution in [-0.2, 0) is 30.3 Å². The van der Waals surface area contributed by atoms with E-state index in [0.29, 0.717) is 23.7 Å². The van der Waals surface area contributed by atoms with Crippen LogP contribution < -0.4 is 5.32 Å². The summed E-state index contributed by atoms with van der Waals surface area (Å²) >= 11 is 12.1. The fourth-order valence-corrected chi connectivity index (χ4v) is 5.48. The van der Waals surface area contributed by atoms with E-state index >= 15 is 0 Å². The molecule has 1 aromatic heterocycles. The summed E-state index contributed by atoms with van der Waals surface area (Å²) in [6.45, 7) is 0.852. The molecule has 2 heterocycles. The molecule has 184 valence electrons. The monoisotopic (exact) mass is 539 g/mol. The third-order valence-corrected chi connectivity index (χ3v) is 7.38. The number of sulfone groups is 1. The maximum absolute atomic E-state index is 12.8. The Balaban J connectivity index is 1.60. The molecule has 1 fully saturated rings. The number of esters is 1. The van der Waals surface area contributed by atoms with Crippen molar-refractivity contribution in [1.82, 2.24) is 9.78 Å². The highest BCUT2D eigenvalue weighted by atomic mass is 35.5. The Hall–Kier alpha value is -2.57. The molecule has 0 saturated carbocycles. The lowest BCUT2D eigenvalue weighted by atomic mass is 10.2. The number of alkyl halides is 3. The number of halogens is 5. The Morgan fingerprint density at radius 2 is 2.03 bits per heavy atom. The molecule has 2 aromatic rings. The smallest absolute Gasteiger partial charge is 0.416 e. The van der Waals surface area contributed by atoms with Crippen LogP contribution in [0, 0.1) is 6.92 Å². The van der Waals surface area contributed by atoms with E-state index in [1.54, 1.807) is 6.92 Å². The van der Waals surface area contributed by atoms with Gasteiger partial charge in [-0.05, 0) is 37.6 Å². The molecular formula is C20H18Cl2F3N3O5S. The average molecular weight is 540 g/mol. The van der Waals surface area contributed by atoms with Gasteiger partial charge in [-0.2, -0.15) is 18.3 Å². The van der Waals surface area contributed by atoms with Gasteiger partial charge in [0.1, 0.15) is 5.15 Å². The number of nitrogens with zero attached hydrogens (tertiary/aromatic N) is 2. The van der Waals surface area contributed by atoms with Crippen molar-refractivity contribution in [2.45, 2.75) is 25.6 Å². The lowest BCUT2D eigenvalue weighted by Crippen LogP contribution is -2.20. The summed E-state index contributed by atoms with van der Waals surface area (Å²) in [5.74, 6) is -1.85. The molecule has 0 bridgehead atoms. The highest BCUT2D eigenvalue weighted by Gasteiger charge is 2.32. The number of hydrogen-bond acceptors (Lipinski definition) is 6. The second-order valence-corrected chi connectivity index (χ2v) is 10.5. The number of anilines is 1. The SMILES string of the molecule is Cc1nn(C2CCS(=O)(=O)C2)c(Cl)c1C=CC(=O)OCC(=O)Nc1cc(C(F)(F)F)ccc1Cl. The van der Waals surface area contributed by atoms with Gasteiger partial charge in [0.25, 0.3) is 5.91 Å². The summed E-state index contributed by atoms with van der Waals surface area (Å²) in [5, 5.41) is 6.44. The minimum Gasteiger partial charge on any atom is -0.452 e. The Morgan fingerprint density at radius 3 is 2.65 bits per heavy atom. The molecule has 14 heteroatoms. The number of aromatic nitrogens is 2. The van der Waals surface area contributed by atoms with E-state index in [1.165, 1.54) is 10.8 Å². The average Bonchev–Trinajstić information content (AvgIpc) is 3.23. The van der Waals surface area contributed by atoms with Crippen molar-refractivity contribution in [1.29, 1.82) is 0 Å². The van der Waals surface area contributed by atoms with Crippen LogP contribution in [0.4, 0.5) is 18.9 Å². The molecule has 1 N–H and O–H groups in total. The Labute approximate surface area is 202 Å². The molecule has 0 radical (unpaired) electrons. The molecule has 8 nitrogen and oxygen atoms in total. The number of carbonyl (C=O) groups excluding carboxylic acids is 2. The molecule has 1 aliphatic rings. The molecule has 0 spiro atoms. The molecular weight excluding hydrogens is 522 g/mol. The zero-order valence-electron chi connectivity index (χ0n) is 17.5. The molecule has 1 aromatic carbocycles. The third kappa shape index (κ3) is 6.30. The number of carbonyl (C=O) groups is 2. The standard InChI is InChI=1S/C20H18Cl2F3N3O5S/c1-11-14(19(22)28(27-11)13-6-7-34(31,32)10-13)3-5-18(30)33-9-17(29)26-16-8-12(20(23,24)25)2-4-15(16)21/h2-5,8,13H,6-7,9-10H2,1H3,(H,26,29). The van der Waals surface area contributed by atoms with Crippen LogP contribution >= 0.6 is 23.2 Å². The third-order valence-electron chi connectivity index (χ3n) is 4.92. The summed E-state index contributed by atoms with van der Waals surface area (Å²) < 4.78 is 68.1. The number of benzene rings is 1. The first-order chi connectivity index (χ1) is 15.8. The first-order valence-corrected chi connectivity index (χ1v) is 12.3. The van der Waals surface area contributed by atoms with Crippen molar-refractivity contribution in [3.05, 3.63) is 51.3 Å². The second-order valence-electron chi connectivity index (χ2n) is 7.47. The Kier molecular flexibility index (Phi) is 7.63. The predicted molar refractivity (Wildman–Crippen MR) is 119 cm³/mol. The fraction of sp³-hybridized carbons (Fsp3) is 0.350. The highest BCUT2D eigenvalue weighted by molar-refractivity contribution is 7.91. The molecule has 3 rings (SSSR count). The lowest BCUT2D eigenvalue weighted by Gasteiger charge is -2.11. The minimum absolute atomic E-state index is 0.0399. The van der Waals surface area contributed by atoms with Gasteiger partial charge in [0, 0.05) is 11.6 Å². The molecule has 34 heavy (non-hydrogen) atoms. The number of amides is 1. The maximum Gasteiger partial charge on any atom is 0.416 e. The van der Waals surface area contributed by atoms with Gasteiger partial charge in [0.15, 0.2) is 16.4 Å². The van der Waals surface area contributed by atoms with Gasteiger partial charge in [0.05, 0.1) is 39.5 Å². The number of aryl methyl sites for hydroxylation is 1. The van der Waals surface area contributed by atoms with E-state index in [2.05, 4.69) is 10.4 Å². The molecule has 1 unspecified atom stereocenters. The van der Waals surface area contributed by atoms with Gasteiger partial charge >= 0.3 is 12.1 Å². The van der Waals surface area contributed by atoms with Crippen LogP contribution in [0.3, 0.4) is 0 Å². The van der Waals surface area contributed by atoms with E-state index in [4.69, 9.17) is 27.9 Å². The summed E-state index contributed by atoms with van der Waals surface area (Å²) in [6.07, 6.45) is -1.94. The van der Waals surface area contributed by atoms with E-state index in [9.17, 15) is 31.2 Å². The van der Waals surface area contributed by atoms with E-state index in [0.717, 1.165) is 18.2 Å². The summed E-state index contributed by atoms with van der Waals surface area (Å²) in [4.78, 5) is 24.0. The van der Waals surface area contributed by atoms with E-state index < -0.39 is 46.1 Å². The van der Waals surface area contributed by atoms with Crippen molar-refractivity contribution in [2.75, 3.05) is 23.4 Å². The Morgan fingerprint density at radius 1 is 1.32 bits per heavy atom. The van der Waals surface area contributed by atoms with Crippen molar-refractivity contribution >= 4 is 56.7 Å². The topological polar surface area (TPSA) is 107 Å². The van der Waals surface area contributed by atoms with Gasteiger partial charge in [-0.25, -0.2) is 17.9 Å². The van der Waals surface area contributed by atoms with Crippen LogP contribution in [0.15, 0.2) is 24.3 Å². The van der Waals surface area contributed by atoms with Gasteiger partial charge in [-0.15, -0.1) is 0 Å². The minimum atomic E-state index is -4.62. The number of nitrogens with one attached hydrogen (secondary N) is 1. The lowest BCUT2D eigenvalue weighted by molar-refractivity contribution is -0.142. The number of ether oxygens (including phenoxy) is 1. The zero-order chi connectivity index (χ0) is 25.3. The zero-order valence-corrected chi connectivity index (χ0v) is 19.9. The largest absolute Gasteiger partial charge is 0.452 e. The van der Waals surface area contributed by atoms with Gasteiger partial charge in [0.2, 0.25) is 0 Å². The van der Waals surface area contributed by atoms with Crippen LogP contribution in [0.2, 0.25) is 10.2 Å². The van der Waals surface area contributed by atoms with Crippen molar-refractivity contribution in [2.24, 2.45) is 0 Å².